The highest BCUT2D eigenvalue weighted by atomic mass is 79.9. The van der Waals surface area contributed by atoms with E-state index in [4.69, 9.17) is 16.3 Å². The maximum Gasteiger partial charge on any atom is 0.131 e. The Morgan fingerprint density at radius 1 is 1.61 bits per heavy atom. The first-order valence-electron chi connectivity index (χ1n) is 5.27. The van der Waals surface area contributed by atoms with Gasteiger partial charge in [0.15, 0.2) is 0 Å². The third-order valence-corrected chi connectivity index (χ3v) is 4.43. The Hall–Kier alpha value is -0.400. The molecule has 7 heteroatoms. The van der Waals surface area contributed by atoms with Crippen molar-refractivity contribution in [1.29, 1.82) is 0 Å². The summed E-state index contributed by atoms with van der Waals surface area (Å²) >= 11 is 10.9. The van der Waals surface area contributed by atoms with E-state index in [1.54, 1.807) is 18.0 Å². The molecule has 0 aliphatic rings. The van der Waals surface area contributed by atoms with Gasteiger partial charge >= 0.3 is 0 Å². The summed E-state index contributed by atoms with van der Waals surface area (Å²) in [7, 11) is 1.62. The van der Waals surface area contributed by atoms with Crippen LogP contribution >= 0.6 is 38.9 Å². The minimum atomic E-state index is -0.770. The second kappa shape index (κ2) is 6.16. The molecule has 1 atom stereocenters. The molecule has 0 saturated heterocycles. The van der Waals surface area contributed by atoms with E-state index in [9.17, 15) is 5.11 Å². The summed E-state index contributed by atoms with van der Waals surface area (Å²) in [4.78, 5) is 0.822. The number of ether oxygens (including phenoxy) is 1. The van der Waals surface area contributed by atoms with Crippen molar-refractivity contribution in [2.24, 2.45) is 0 Å². The average molecular weight is 352 g/mol. The van der Waals surface area contributed by atoms with Crippen molar-refractivity contribution < 1.29 is 9.84 Å². The largest absolute Gasteiger partial charge is 0.383 e. The van der Waals surface area contributed by atoms with Gasteiger partial charge in [-0.25, -0.2) is 0 Å². The van der Waals surface area contributed by atoms with Crippen LogP contribution < -0.4 is 0 Å². The number of aliphatic hydroxyl groups is 1. The smallest absolute Gasteiger partial charge is 0.131 e. The number of rotatable bonds is 5. The van der Waals surface area contributed by atoms with Crippen LogP contribution in [0.4, 0.5) is 0 Å². The highest BCUT2D eigenvalue weighted by Crippen LogP contribution is 2.34. The molecule has 2 heterocycles. The van der Waals surface area contributed by atoms with E-state index >= 15 is 0 Å². The molecule has 0 aromatic carbocycles. The minimum Gasteiger partial charge on any atom is -0.383 e. The molecule has 2 aromatic rings. The van der Waals surface area contributed by atoms with Crippen LogP contribution in [0.5, 0.6) is 0 Å². The summed E-state index contributed by atoms with van der Waals surface area (Å²) in [5.41, 5.74) is 0.600. The molecule has 98 valence electrons. The van der Waals surface area contributed by atoms with E-state index in [1.165, 1.54) is 11.3 Å². The highest BCUT2D eigenvalue weighted by Gasteiger charge is 2.21. The lowest BCUT2D eigenvalue weighted by molar-refractivity contribution is 0.172. The summed E-state index contributed by atoms with van der Waals surface area (Å²) in [5, 5.41) is 15.0. The number of hydrogen-bond acceptors (Lipinski definition) is 4. The molecule has 0 bridgehead atoms. The Morgan fingerprint density at radius 3 is 3.00 bits per heavy atom. The van der Waals surface area contributed by atoms with Gasteiger partial charge in [-0.2, -0.15) is 5.10 Å². The number of aliphatic hydroxyl groups excluding tert-OH is 1. The molecule has 0 radical (unpaired) electrons. The van der Waals surface area contributed by atoms with E-state index < -0.39 is 6.10 Å². The van der Waals surface area contributed by atoms with Crippen LogP contribution in [0.2, 0.25) is 5.02 Å². The van der Waals surface area contributed by atoms with E-state index in [0.717, 1.165) is 8.66 Å². The standard InChI is InChI=1S/C11H12BrClN2O2S/c1-17-5-4-15-10(7(13)6-14-15)11(16)8-2-3-9(12)18-8/h2-3,6,11,16H,4-5H2,1H3. The molecule has 0 spiro atoms. The van der Waals surface area contributed by atoms with E-state index in [2.05, 4.69) is 21.0 Å². The van der Waals surface area contributed by atoms with Crippen molar-refractivity contribution in [1.82, 2.24) is 9.78 Å². The van der Waals surface area contributed by atoms with Gasteiger partial charge in [0.05, 0.1) is 33.9 Å². The second-order valence-electron chi connectivity index (χ2n) is 3.64. The van der Waals surface area contributed by atoms with Gasteiger partial charge in [-0.15, -0.1) is 11.3 Å². The van der Waals surface area contributed by atoms with Crippen LogP contribution in [-0.2, 0) is 11.3 Å². The van der Waals surface area contributed by atoms with E-state index in [1.807, 2.05) is 12.1 Å². The molecule has 0 saturated carbocycles. The lowest BCUT2D eigenvalue weighted by Gasteiger charge is -2.12. The van der Waals surface area contributed by atoms with Crippen molar-refractivity contribution in [2.45, 2.75) is 12.6 Å². The molecule has 1 N–H and O–H groups in total. The van der Waals surface area contributed by atoms with Crippen LogP contribution in [0.25, 0.3) is 0 Å². The predicted octanol–water partition coefficient (Wildman–Crippen LogP) is 3.09. The Labute approximate surface area is 122 Å². The maximum atomic E-state index is 10.4. The molecule has 0 aliphatic heterocycles. The molecule has 1 unspecified atom stereocenters. The van der Waals surface area contributed by atoms with Crippen LogP contribution in [-0.4, -0.2) is 28.6 Å². The number of aromatic nitrogens is 2. The van der Waals surface area contributed by atoms with Gasteiger partial charge in [0.25, 0.3) is 0 Å². The Kier molecular flexibility index (Phi) is 4.80. The van der Waals surface area contributed by atoms with Gasteiger partial charge in [-0.3, -0.25) is 4.68 Å². The predicted molar refractivity (Wildman–Crippen MR) is 75.2 cm³/mol. The molecule has 0 aliphatic carbocycles. The van der Waals surface area contributed by atoms with Gasteiger partial charge in [0.2, 0.25) is 0 Å². The summed E-state index contributed by atoms with van der Waals surface area (Å²) in [6.07, 6.45) is 0.770. The van der Waals surface area contributed by atoms with Crippen molar-refractivity contribution in [3.05, 3.63) is 37.7 Å². The third kappa shape index (κ3) is 2.95. The fourth-order valence-electron chi connectivity index (χ4n) is 1.61. The average Bonchev–Trinajstić information content (AvgIpc) is 2.92. The number of halogens is 2. The van der Waals surface area contributed by atoms with Gasteiger partial charge in [0.1, 0.15) is 6.10 Å². The quantitative estimate of drug-likeness (QED) is 0.900. The van der Waals surface area contributed by atoms with Gasteiger partial charge in [-0.1, -0.05) is 11.6 Å². The zero-order valence-corrected chi connectivity index (χ0v) is 12.8. The number of nitrogens with zero attached hydrogens (tertiary/aromatic N) is 2. The zero-order valence-electron chi connectivity index (χ0n) is 9.64. The summed E-state index contributed by atoms with van der Waals surface area (Å²) < 4.78 is 7.65. The number of hydrogen-bond donors (Lipinski definition) is 1. The first-order valence-corrected chi connectivity index (χ1v) is 7.25. The Balaban J connectivity index is 2.28. The summed E-state index contributed by atoms with van der Waals surface area (Å²) in [6, 6.07) is 3.76. The molecule has 18 heavy (non-hydrogen) atoms. The van der Waals surface area contributed by atoms with Crippen molar-refractivity contribution in [3.8, 4) is 0 Å². The van der Waals surface area contributed by atoms with Gasteiger partial charge in [-0.05, 0) is 28.1 Å². The van der Waals surface area contributed by atoms with Gasteiger partial charge < -0.3 is 9.84 Å². The molecule has 0 fully saturated rings. The van der Waals surface area contributed by atoms with Crippen LogP contribution in [0, 0.1) is 0 Å². The van der Waals surface area contributed by atoms with Gasteiger partial charge in [0, 0.05) is 12.0 Å². The fourth-order valence-corrected chi connectivity index (χ4v) is 3.27. The lowest BCUT2D eigenvalue weighted by Crippen LogP contribution is -2.13. The Bertz CT molecular complexity index is 529. The summed E-state index contributed by atoms with van der Waals surface area (Å²) in [6.45, 7) is 1.08. The van der Waals surface area contributed by atoms with Crippen LogP contribution in [0.15, 0.2) is 22.1 Å². The molecular formula is C11H12BrClN2O2S. The topological polar surface area (TPSA) is 47.3 Å². The minimum absolute atomic E-state index is 0.461. The third-order valence-electron chi connectivity index (χ3n) is 2.46. The van der Waals surface area contributed by atoms with E-state index in [-0.39, 0.29) is 0 Å². The first kappa shape index (κ1) is 14.0. The van der Waals surface area contributed by atoms with Crippen LogP contribution in [0.3, 0.4) is 0 Å². The monoisotopic (exact) mass is 350 g/mol. The molecule has 4 nitrogen and oxygen atoms in total. The normalized spacial score (nSPS) is 12.9. The lowest BCUT2D eigenvalue weighted by atomic mass is 10.2. The number of methoxy groups -OCH3 is 1. The fraction of sp³-hybridized carbons (Fsp3) is 0.364. The summed E-state index contributed by atoms with van der Waals surface area (Å²) in [5.74, 6) is 0. The molecular weight excluding hydrogens is 340 g/mol. The molecule has 0 amide bonds. The van der Waals surface area contributed by atoms with Crippen molar-refractivity contribution in [3.63, 3.8) is 0 Å². The SMILES string of the molecule is COCCn1ncc(Cl)c1C(O)c1ccc(Br)s1. The van der Waals surface area contributed by atoms with E-state index in [0.29, 0.717) is 23.9 Å². The molecule has 2 aromatic heterocycles. The van der Waals surface area contributed by atoms with Crippen LogP contribution in [0.1, 0.15) is 16.7 Å². The number of thiophene rings is 1. The van der Waals surface area contributed by atoms with Crippen molar-refractivity contribution in [2.75, 3.05) is 13.7 Å². The molecule has 2 rings (SSSR count). The Morgan fingerprint density at radius 2 is 2.39 bits per heavy atom. The zero-order chi connectivity index (χ0) is 13.1. The first-order chi connectivity index (χ1) is 8.63. The van der Waals surface area contributed by atoms with Crippen molar-refractivity contribution >= 4 is 38.9 Å². The maximum absolute atomic E-state index is 10.4. The highest BCUT2D eigenvalue weighted by molar-refractivity contribution is 9.11. The second-order valence-corrected chi connectivity index (χ2v) is 6.54.